The minimum atomic E-state index is -0.622. The summed E-state index contributed by atoms with van der Waals surface area (Å²) >= 11 is 0. The number of nitrogens with one attached hydrogen (secondary N) is 1. The smallest absolute Gasteiger partial charge is 0.240 e. The van der Waals surface area contributed by atoms with E-state index < -0.39 is 5.54 Å². The second kappa shape index (κ2) is 5.93. The van der Waals surface area contributed by atoms with E-state index in [2.05, 4.69) is 5.32 Å². The van der Waals surface area contributed by atoms with Crippen molar-refractivity contribution in [2.24, 2.45) is 5.73 Å². The van der Waals surface area contributed by atoms with Crippen LogP contribution in [0.15, 0.2) is 24.3 Å². The Labute approximate surface area is 130 Å². The average molecular weight is 313 g/mol. The zero-order chi connectivity index (χ0) is 14.2. The van der Waals surface area contributed by atoms with Gasteiger partial charge in [0.2, 0.25) is 5.91 Å². The quantitative estimate of drug-likeness (QED) is 0.898. The molecule has 2 saturated carbocycles. The number of hydrogen-bond donors (Lipinski definition) is 2. The molecule has 0 atom stereocenters. The van der Waals surface area contributed by atoms with E-state index in [1.54, 1.807) is 0 Å². The first-order valence-corrected chi connectivity index (χ1v) is 7.37. The van der Waals surface area contributed by atoms with E-state index in [4.69, 9.17) is 5.73 Å². The highest BCUT2D eigenvalue weighted by atomic mass is 35.5. The van der Waals surface area contributed by atoms with Crippen LogP contribution in [0.2, 0.25) is 0 Å². The summed E-state index contributed by atoms with van der Waals surface area (Å²) in [5.74, 6) is -0.254. The maximum atomic E-state index is 13.1. The van der Waals surface area contributed by atoms with E-state index in [0.717, 1.165) is 44.1 Å². The summed E-state index contributed by atoms with van der Waals surface area (Å²) in [6.45, 7) is 0.608. The summed E-state index contributed by atoms with van der Waals surface area (Å²) in [5, 5.41) is 3.02. The molecule has 1 aromatic carbocycles. The van der Waals surface area contributed by atoms with E-state index in [9.17, 15) is 9.18 Å². The van der Waals surface area contributed by atoms with Gasteiger partial charge in [0.15, 0.2) is 0 Å². The Hall–Kier alpha value is -1.13. The lowest BCUT2D eigenvalue weighted by molar-refractivity contribution is -0.123. The zero-order valence-electron chi connectivity index (χ0n) is 12.0. The molecule has 0 bridgehead atoms. The van der Waals surface area contributed by atoms with Gasteiger partial charge in [0.1, 0.15) is 5.82 Å². The van der Waals surface area contributed by atoms with Gasteiger partial charge in [-0.3, -0.25) is 4.79 Å². The van der Waals surface area contributed by atoms with Gasteiger partial charge in [-0.1, -0.05) is 25.0 Å². The van der Waals surface area contributed by atoms with Crippen LogP contribution in [0.1, 0.15) is 44.1 Å². The fourth-order valence-corrected chi connectivity index (χ4v) is 3.21. The first kappa shape index (κ1) is 16.2. The van der Waals surface area contributed by atoms with Gasteiger partial charge in [-0.25, -0.2) is 4.39 Å². The molecule has 3 N–H and O–H groups in total. The van der Waals surface area contributed by atoms with Crippen LogP contribution in [0.5, 0.6) is 0 Å². The molecule has 0 radical (unpaired) electrons. The van der Waals surface area contributed by atoms with Crippen LogP contribution in [0.4, 0.5) is 4.39 Å². The van der Waals surface area contributed by atoms with Gasteiger partial charge < -0.3 is 11.1 Å². The maximum absolute atomic E-state index is 13.1. The first-order valence-electron chi connectivity index (χ1n) is 7.37. The van der Waals surface area contributed by atoms with E-state index in [1.165, 1.54) is 12.1 Å². The highest BCUT2D eigenvalue weighted by molar-refractivity contribution is 5.89. The molecule has 1 amide bonds. The molecule has 0 unspecified atom stereocenters. The standard InChI is InChI=1S/C16H21FN2O.ClH/c17-13-5-3-12(4-6-13)15(7-1-2-8-15)11-19-14(20)16(18)9-10-16;/h3-6H,1-2,7-11,18H2,(H,19,20);1H. The second-order valence-electron chi connectivity index (χ2n) is 6.33. The third-order valence-electron chi connectivity index (χ3n) is 4.85. The van der Waals surface area contributed by atoms with Gasteiger partial charge in [0.25, 0.3) is 0 Å². The Kier molecular flexibility index (Phi) is 4.59. The molecule has 2 aliphatic carbocycles. The highest BCUT2D eigenvalue weighted by Crippen LogP contribution is 2.41. The van der Waals surface area contributed by atoms with Gasteiger partial charge >= 0.3 is 0 Å². The Balaban J connectivity index is 0.00000161. The van der Waals surface area contributed by atoms with Crippen LogP contribution in [-0.4, -0.2) is 18.0 Å². The first-order chi connectivity index (χ1) is 9.54. The number of rotatable bonds is 4. The van der Waals surface area contributed by atoms with E-state index in [-0.39, 0.29) is 29.5 Å². The van der Waals surface area contributed by atoms with Crippen molar-refractivity contribution in [3.63, 3.8) is 0 Å². The van der Waals surface area contributed by atoms with Crippen LogP contribution < -0.4 is 11.1 Å². The Morgan fingerprint density at radius 2 is 1.71 bits per heavy atom. The van der Waals surface area contributed by atoms with Crippen molar-refractivity contribution in [1.82, 2.24) is 5.32 Å². The third kappa shape index (κ3) is 3.22. The Bertz CT molecular complexity index is 508. The summed E-state index contributed by atoms with van der Waals surface area (Å²) in [6, 6.07) is 6.70. The molecule has 1 aromatic rings. The van der Waals surface area contributed by atoms with Crippen molar-refractivity contribution in [3.05, 3.63) is 35.6 Å². The summed E-state index contributed by atoms with van der Waals surface area (Å²) in [7, 11) is 0. The number of benzene rings is 1. The molecule has 0 heterocycles. The molecule has 2 aliphatic rings. The zero-order valence-corrected chi connectivity index (χ0v) is 12.8. The van der Waals surface area contributed by atoms with Crippen LogP contribution in [0, 0.1) is 5.82 Å². The molecule has 5 heteroatoms. The largest absolute Gasteiger partial charge is 0.354 e. The minimum absolute atomic E-state index is 0. The summed E-state index contributed by atoms with van der Waals surface area (Å²) < 4.78 is 13.1. The van der Waals surface area contributed by atoms with Crippen molar-refractivity contribution in [3.8, 4) is 0 Å². The number of nitrogens with two attached hydrogens (primary N) is 1. The number of halogens is 2. The van der Waals surface area contributed by atoms with Crippen molar-refractivity contribution in [1.29, 1.82) is 0 Å². The molecule has 21 heavy (non-hydrogen) atoms. The number of carbonyl (C=O) groups is 1. The van der Waals surface area contributed by atoms with E-state index in [1.807, 2.05) is 12.1 Å². The molecule has 0 aliphatic heterocycles. The SMILES string of the molecule is Cl.NC1(C(=O)NCC2(c3ccc(F)cc3)CCCC2)CC1. The summed E-state index contributed by atoms with van der Waals surface area (Å²) in [4.78, 5) is 12.0. The van der Waals surface area contributed by atoms with Gasteiger partial charge in [-0.2, -0.15) is 0 Å². The van der Waals surface area contributed by atoms with Gasteiger partial charge in [-0.15, -0.1) is 12.4 Å². The number of hydrogen-bond acceptors (Lipinski definition) is 2. The van der Waals surface area contributed by atoms with Crippen molar-refractivity contribution in [2.75, 3.05) is 6.54 Å². The molecule has 116 valence electrons. The molecule has 3 rings (SSSR count). The van der Waals surface area contributed by atoms with Gasteiger partial charge in [-0.05, 0) is 43.4 Å². The molecule has 3 nitrogen and oxygen atoms in total. The lowest BCUT2D eigenvalue weighted by Gasteiger charge is -2.30. The molecule has 0 aromatic heterocycles. The third-order valence-corrected chi connectivity index (χ3v) is 4.85. The fourth-order valence-electron chi connectivity index (χ4n) is 3.21. The van der Waals surface area contributed by atoms with E-state index >= 15 is 0 Å². The Morgan fingerprint density at radius 3 is 2.24 bits per heavy atom. The molecule has 0 spiro atoms. The van der Waals surface area contributed by atoms with Crippen LogP contribution in [0.25, 0.3) is 0 Å². The van der Waals surface area contributed by atoms with Crippen molar-refractivity contribution in [2.45, 2.75) is 49.5 Å². The topological polar surface area (TPSA) is 55.1 Å². The second-order valence-corrected chi connectivity index (χ2v) is 6.33. The average Bonchev–Trinajstić information content (AvgIpc) is 3.03. The predicted octanol–water partition coefficient (Wildman–Crippen LogP) is 2.67. The highest BCUT2D eigenvalue weighted by Gasteiger charge is 2.47. The molecule has 2 fully saturated rings. The van der Waals surface area contributed by atoms with Crippen LogP contribution in [0.3, 0.4) is 0 Å². The maximum Gasteiger partial charge on any atom is 0.240 e. The molecule has 0 saturated heterocycles. The summed E-state index contributed by atoms with van der Waals surface area (Å²) in [6.07, 6.45) is 5.94. The van der Waals surface area contributed by atoms with Gasteiger partial charge in [0.05, 0.1) is 5.54 Å². The van der Waals surface area contributed by atoms with Crippen molar-refractivity contribution < 1.29 is 9.18 Å². The lowest BCUT2D eigenvalue weighted by Crippen LogP contribution is -2.47. The van der Waals surface area contributed by atoms with Crippen LogP contribution in [-0.2, 0) is 10.2 Å². The monoisotopic (exact) mass is 312 g/mol. The summed E-state index contributed by atoms with van der Waals surface area (Å²) in [5.41, 5.74) is 6.37. The van der Waals surface area contributed by atoms with Crippen molar-refractivity contribution >= 4 is 18.3 Å². The number of amides is 1. The predicted molar refractivity (Wildman–Crippen MR) is 83.0 cm³/mol. The number of carbonyl (C=O) groups excluding carboxylic acids is 1. The Morgan fingerprint density at radius 1 is 1.14 bits per heavy atom. The van der Waals surface area contributed by atoms with Gasteiger partial charge in [0, 0.05) is 12.0 Å². The normalized spacial score (nSPS) is 21.4. The lowest BCUT2D eigenvalue weighted by atomic mass is 9.78. The van der Waals surface area contributed by atoms with Crippen LogP contribution >= 0.6 is 12.4 Å². The van der Waals surface area contributed by atoms with E-state index in [0.29, 0.717) is 6.54 Å². The molecular formula is C16H22ClFN2O. The molecular weight excluding hydrogens is 291 g/mol. The minimum Gasteiger partial charge on any atom is -0.354 e. The fraction of sp³-hybridized carbons (Fsp3) is 0.562.